The van der Waals surface area contributed by atoms with Crippen molar-refractivity contribution in [2.24, 2.45) is 0 Å². The van der Waals surface area contributed by atoms with Crippen molar-refractivity contribution in [1.29, 1.82) is 0 Å². The van der Waals surface area contributed by atoms with Crippen molar-refractivity contribution >= 4 is 6.09 Å². The van der Waals surface area contributed by atoms with Crippen LogP contribution in [-0.2, 0) is 11.2 Å². The lowest BCUT2D eigenvalue weighted by atomic mass is 10.1. The Hall–Kier alpha value is -1.95. The van der Waals surface area contributed by atoms with Gasteiger partial charge >= 0.3 is 6.09 Å². The molecule has 1 amide bonds. The highest BCUT2D eigenvalue weighted by Gasteiger charge is 2.10. The molecule has 0 fully saturated rings. The number of nitrogens with one attached hydrogen (secondary N) is 1. The molecule has 1 N–H and O–H groups in total. The van der Waals surface area contributed by atoms with Gasteiger partial charge in [-0.3, -0.25) is 0 Å². The van der Waals surface area contributed by atoms with E-state index in [1.807, 2.05) is 30.3 Å². The van der Waals surface area contributed by atoms with Crippen LogP contribution in [0.5, 0.6) is 0 Å². The Kier molecular flexibility index (Phi) is 4.94. The van der Waals surface area contributed by atoms with E-state index in [1.165, 1.54) is 0 Å². The first kappa shape index (κ1) is 12.1. The maximum atomic E-state index is 11.2. The summed E-state index contributed by atoms with van der Waals surface area (Å²) in [5.41, 5.74) is 1.09. The van der Waals surface area contributed by atoms with Crippen molar-refractivity contribution in [2.45, 2.75) is 19.4 Å². The normalized spacial score (nSPS) is 11.2. The topological polar surface area (TPSA) is 38.3 Å². The Morgan fingerprint density at radius 2 is 2.19 bits per heavy atom. The van der Waals surface area contributed by atoms with Crippen LogP contribution in [0.15, 0.2) is 30.3 Å². The number of ether oxygens (including phenoxy) is 1. The first-order valence-electron chi connectivity index (χ1n) is 5.19. The molecule has 1 atom stereocenters. The number of terminal acetylenes is 1. The first-order valence-corrected chi connectivity index (χ1v) is 5.19. The average Bonchev–Trinajstić information content (AvgIpc) is 2.30. The molecule has 0 radical (unpaired) electrons. The number of amides is 1. The van der Waals surface area contributed by atoms with Crippen molar-refractivity contribution in [3.05, 3.63) is 35.9 Å². The van der Waals surface area contributed by atoms with Gasteiger partial charge in [-0.1, -0.05) is 36.3 Å². The lowest BCUT2D eigenvalue weighted by molar-refractivity contribution is 0.150. The summed E-state index contributed by atoms with van der Waals surface area (Å²) in [7, 11) is 0. The van der Waals surface area contributed by atoms with E-state index in [-0.39, 0.29) is 6.04 Å². The molecule has 3 heteroatoms. The molecule has 0 aliphatic heterocycles. The van der Waals surface area contributed by atoms with Crippen LogP contribution < -0.4 is 5.32 Å². The minimum Gasteiger partial charge on any atom is -0.450 e. The highest BCUT2D eigenvalue weighted by Crippen LogP contribution is 2.02. The Labute approximate surface area is 95.8 Å². The second kappa shape index (κ2) is 6.52. The molecule has 0 saturated heterocycles. The molecule has 1 aromatic rings. The minimum atomic E-state index is -0.471. The maximum absolute atomic E-state index is 11.2. The summed E-state index contributed by atoms with van der Waals surface area (Å²) < 4.78 is 4.77. The van der Waals surface area contributed by atoms with Crippen molar-refractivity contribution < 1.29 is 9.53 Å². The van der Waals surface area contributed by atoms with Crippen LogP contribution in [0.4, 0.5) is 4.79 Å². The van der Waals surface area contributed by atoms with Crippen LogP contribution >= 0.6 is 0 Å². The highest BCUT2D eigenvalue weighted by atomic mass is 16.5. The SMILES string of the molecule is C#C[C@H](Cc1ccccc1)NC(=O)OCC. The summed E-state index contributed by atoms with van der Waals surface area (Å²) in [5.74, 6) is 2.53. The largest absolute Gasteiger partial charge is 0.450 e. The summed E-state index contributed by atoms with van der Waals surface area (Å²) in [5, 5.41) is 2.62. The van der Waals surface area contributed by atoms with Gasteiger partial charge < -0.3 is 10.1 Å². The van der Waals surface area contributed by atoms with Gasteiger partial charge in [0.2, 0.25) is 0 Å². The number of rotatable bonds is 4. The van der Waals surface area contributed by atoms with E-state index < -0.39 is 6.09 Å². The predicted molar refractivity (Wildman–Crippen MR) is 62.9 cm³/mol. The van der Waals surface area contributed by atoms with Gasteiger partial charge in [-0.25, -0.2) is 4.79 Å². The van der Waals surface area contributed by atoms with E-state index in [4.69, 9.17) is 11.2 Å². The minimum absolute atomic E-state index is 0.332. The van der Waals surface area contributed by atoms with Crippen molar-refractivity contribution in [3.8, 4) is 12.3 Å². The molecule has 0 aliphatic carbocycles. The number of carbonyl (C=O) groups excluding carboxylic acids is 1. The van der Waals surface area contributed by atoms with E-state index in [0.717, 1.165) is 5.56 Å². The molecule has 16 heavy (non-hydrogen) atoms. The van der Waals surface area contributed by atoms with E-state index in [2.05, 4.69) is 11.2 Å². The summed E-state index contributed by atoms with van der Waals surface area (Å²) >= 11 is 0. The van der Waals surface area contributed by atoms with E-state index in [1.54, 1.807) is 6.92 Å². The van der Waals surface area contributed by atoms with E-state index in [9.17, 15) is 4.79 Å². The monoisotopic (exact) mass is 217 g/mol. The Balaban J connectivity index is 2.51. The lowest BCUT2D eigenvalue weighted by Crippen LogP contribution is -2.35. The second-order valence-corrected chi connectivity index (χ2v) is 3.27. The Morgan fingerprint density at radius 1 is 1.50 bits per heavy atom. The summed E-state index contributed by atoms with van der Waals surface area (Å²) in [6.45, 7) is 2.09. The molecular weight excluding hydrogens is 202 g/mol. The number of hydrogen-bond donors (Lipinski definition) is 1. The smallest absolute Gasteiger partial charge is 0.408 e. The zero-order chi connectivity index (χ0) is 11.8. The van der Waals surface area contributed by atoms with Gasteiger partial charge in [0.05, 0.1) is 12.6 Å². The first-order chi connectivity index (χ1) is 7.76. The molecule has 3 nitrogen and oxygen atoms in total. The summed E-state index contributed by atoms with van der Waals surface area (Å²) in [6.07, 6.45) is 5.48. The highest BCUT2D eigenvalue weighted by molar-refractivity contribution is 5.68. The summed E-state index contributed by atoms with van der Waals surface area (Å²) in [4.78, 5) is 11.2. The fourth-order valence-electron chi connectivity index (χ4n) is 1.32. The third-order valence-corrected chi connectivity index (χ3v) is 2.05. The van der Waals surface area contributed by atoms with Crippen LogP contribution in [0.2, 0.25) is 0 Å². The van der Waals surface area contributed by atoms with Crippen molar-refractivity contribution in [1.82, 2.24) is 5.32 Å². The van der Waals surface area contributed by atoms with Gasteiger partial charge in [0.25, 0.3) is 0 Å². The van der Waals surface area contributed by atoms with Crippen LogP contribution in [0, 0.1) is 12.3 Å². The van der Waals surface area contributed by atoms with Crippen LogP contribution in [0.3, 0.4) is 0 Å². The lowest BCUT2D eigenvalue weighted by Gasteiger charge is -2.12. The standard InChI is InChI=1S/C13H15NO2/c1-3-12(14-13(15)16-4-2)10-11-8-6-5-7-9-11/h1,5-9,12H,4,10H2,2H3,(H,14,15)/t12-/m1/s1. The Bertz CT molecular complexity index is 367. The fraction of sp³-hybridized carbons (Fsp3) is 0.308. The summed E-state index contributed by atoms with van der Waals surface area (Å²) in [6, 6.07) is 9.42. The molecule has 0 bridgehead atoms. The molecule has 1 aromatic carbocycles. The van der Waals surface area contributed by atoms with Gasteiger partial charge in [0.15, 0.2) is 0 Å². The quantitative estimate of drug-likeness (QED) is 0.783. The number of hydrogen-bond acceptors (Lipinski definition) is 2. The Morgan fingerprint density at radius 3 is 2.75 bits per heavy atom. The molecule has 84 valence electrons. The van der Waals surface area contributed by atoms with E-state index in [0.29, 0.717) is 13.0 Å². The average molecular weight is 217 g/mol. The van der Waals surface area contributed by atoms with Gasteiger partial charge in [-0.05, 0) is 12.5 Å². The third-order valence-electron chi connectivity index (χ3n) is 2.05. The number of benzene rings is 1. The molecular formula is C13H15NO2. The molecule has 0 heterocycles. The van der Waals surface area contributed by atoms with Gasteiger partial charge in [-0.15, -0.1) is 6.42 Å². The van der Waals surface area contributed by atoms with Crippen LogP contribution in [0.1, 0.15) is 12.5 Å². The fourth-order valence-corrected chi connectivity index (χ4v) is 1.32. The predicted octanol–water partition coefficient (Wildman–Crippen LogP) is 1.98. The zero-order valence-electron chi connectivity index (χ0n) is 9.27. The molecule has 0 unspecified atom stereocenters. The van der Waals surface area contributed by atoms with Crippen molar-refractivity contribution in [2.75, 3.05) is 6.61 Å². The van der Waals surface area contributed by atoms with Gasteiger partial charge in [0, 0.05) is 6.42 Å². The maximum Gasteiger partial charge on any atom is 0.408 e. The van der Waals surface area contributed by atoms with Crippen molar-refractivity contribution in [3.63, 3.8) is 0 Å². The molecule has 0 spiro atoms. The zero-order valence-corrected chi connectivity index (χ0v) is 9.27. The number of carbonyl (C=O) groups is 1. The molecule has 0 aromatic heterocycles. The van der Waals surface area contributed by atoms with Crippen LogP contribution in [0.25, 0.3) is 0 Å². The van der Waals surface area contributed by atoms with Gasteiger partial charge in [-0.2, -0.15) is 0 Å². The molecule has 0 aliphatic rings. The molecule has 0 saturated carbocycles. The molecule has 1 rings (SSSR count). The van der Waals surface area contributed by atoms with Crippen LogP contribution in [-0.4, -0.2) is 18.7 Å². The second-order valence-electron chi connectivity index (χ2n) is 3.27. The number of alkyl carbamates (subject to hydrolysis) is 1. The van der Waals surface area contributed by atoms with E-state index >= 15 is 0 Å². The third kappa shape index (κ3) is 4.05. The van der Waals surface area contributed by atoms with Gasteiger partial charge in [0.1, 0.15) is 0 Å².